The maximum absolute atomic E-state index is 13.5. The highest BCUT2D eigenvalue weighted by Crippen LogP contribution is 2.30. The number of carbonyl (C=O) groups is 4. The topological polar surface area (TPSA) is 121 Å². The first-order chi connectivity index (χ1) is 18.6. The van der Waals surface area contributed by atoms with Crippen molar-refractivity contribution in [1.82, 2.24) is 4.57 Å². The number of aliphatic hydroxyl groups is 1. The number of allylic oxidation sites excluding steroid dienone is 2. The predicted molar refractivity (Wildman–Crippen MR) is 142 cm³/mol. The molecule has 1 aliphatic rings. The lowest BCUT2D eigenvalue weighted by Crippen LogP contribution is -2.28. The fraction of sp³-hybridized carbons (Fsp3) is 0.241. The minimum absolute atomic E-state index is 0.00402. The highest BCUT2D eigenvalue weighted by Gasteiger charge is 2.35. The molecule has 1 N–H and O–H groups in total. The summed E-state index contributed by atoms with van der Waals surface area (Å²) in [6.07, 6.45) is -0.202. The first kappa shape index (κ1) is 27.8. The van der Waals surface area contributed by atoms with Gasteiger partial charge in [-0.1, -0.05) is 23.7 Å². The van der Waals surface area contributed by atoms with Crippen molar-refractivity contribution in [3.05, 3.63) is 92.5 Å². The number of rotatable bonds is 8. The minimum Gasteiger partial charge on any atom is -0.489 e. The van der Waals surface area contributed by atoms with Crippen molar-refractivity contribution in [3.63, 3.8) is 0 Å². The maximum atomic E-state index is 13.5. The molecular weight excluding hydrogens is 526 g/mol. The molecule has 0 saturated carbocycles. The molecule has 4 rings (SSSR count). The van der Waals surface area contributed by atoms with Gasteiger partial charge < -0.3 is 19.3 Å². The van der Waals surface area contributed by atoms with Gasteiger partial charge in [0, 0.05) is 32.8 Å². The zero-order chi connectivity index (χ0) is 28.4. The second-order valence-electron chi connectivity index (χ2n) is 8.89. The van der Waals surface area contributed by atoms with Crippen molar-refractivity contribution in [2.75, 3.05) is 20.8 Å². The summed E-state index contributed by atoms with van der Waals surface area (Å²) < 4.78 is 17.0. The van der Waals surface area contributed by atoms with Crippen LogP contribution in [0.5, 0.6) is 0 Å². The number of Topliss-reactive ketones (excluding diaryl/α,β-unsaturated/α-hetero) is 2. The Bertz CT molecular complexity index is 1580. The van der Waals surface area contributed by atoms with Crippen LogP contribution < -0.4 is 0 Å². The highest BCUT2D eigenvalue weighted by molar-refractivity contribution is 6.30. The van der Waals surface area contributed by atoms with E-state index in [0.29, 0.717) is 38.3 Å². The van der Waals surface area contributed by atoms with Crippen LogP contribution in [0.3, 0.4) is 0 Å². The molecule has 0 fully saturated rings. The molecule has 0 aliphatic heterocycles. The lowest BCUT2D eigenvalue weighted by atomic mass is 9.93. The number of aromatic nitrogens is 1. The molecule has 0 atom stereocenters. The van der Waals surface area contributed by atoms with Crippen LogP contribution in [0.2, 0.25) is 5.02 Å². The molecule has 0 spiro atoms. The number of ketones is 2. The van der Waals surface area contributed by atoms with E-state index >= 15 is 0 Å². The lowest BCUT2D eigenvalue weighted by Gasteiger charge is -2.20. The highest BCUT2D eigenvalue weighted by atomic mass is 35.5. The summed E-state index contributed by atoms with van der Waals surface area (Å²) in [4.78, 5) is 51.9. The first-order valence-electron chi connectivity index (χ1n) is 11.9. The van der Waals surface area contributed by atoms with Gasteiger partial charge in [-0.15, -0.1) is 0 Å². The summed E-state index contributed by atoms with van der Waals surface area (Å²) in [5.41, 5.74) is 2.68. The monoisotopic (exact) mass is 551 g/mol. The molecule has 10 heteroatoms. The number of nitrogens with zero attached hydrogens (tertiary/aromatic N) is 1. The van der Waals surface area contributed by atoms with E-state index in [1.165, 1.54) is 25.7 Å². The fourth-order valence-electron chi connectivity index (χ4n) is 4.55. The quantitative estimate of drug-likeness (QED) is 0.331. The second-order valence-corrected chi connectivity index (χ2v) is 9.32. The smallest absolute Gasteiger partial charge is 0.310 e. The number of esters is 1. The van der Waals surface area contributed by atoms with Crippen molar-refractivity contribution in [2.24, 2.45) is 0 Å². The number of fused-ring (bicyclic) bond motifs is 1. The third-order valence-corrected chi connectivity index (χ3v) is 6.92. The van der Waals surface area contributed by atoms with Gasteiger partial charge in [-0.05, 0) is 55.3 Å². The summed E-state index contributed by atoms with van der Waals surface area (Å²) in [5, 5.41) is 10.8. The van der Waals surface area contributed by atoms with Crippen LogP contribution >= 0.6 is 11.6 Å². The van der Waals surface area contributed by atoms with Crippen LogP contribution in [-0.2, 0) is 41.6 Å². The van der Waals surface area contributed by atoms with Crippen LogP contribution in [0.25, 0.3) is 10.9 Å². The van der Waals surface area contributed by atoms with Crippen molar-refractivity contribution in [2.45, 2.75) is 26.9 Å². The second kappa shape index (κ2) is 11.3. The van der Waals surface area contributed by atoms with Gasteiger partial charge in [-0.25, -0.2) is 0 Å². The van der Waals surface area contributed by atoms with E-state index in [9.17, 15) is 24.3 Å². The van der Waals surface area contributed by atoms with Gasteiger partial charge in [0.15, 0.2) is 0 Å². The molecule has 0 amide bonds. The van der Waals surface area contributed by atoms with Crippen LogP contribution in [0.4, 0.5) is 0 Å². The Balaban J connectivity index is 1.64. The van der Waals surface area contributed by atoms with E-state index in [-0.39, 0.29) is 41.6 Å². The van der Waals surface area contributed by atoms with E-state index in [1.54, 1.807) is 49.4 Å². The van der Waals surface area contributed by atoms with E-state index in [0.717, 1.165) is 0 Å². The first-order valence-corrected chi connectivity index (χ1v) is 12.3. The average Bonchev–Trinajstić information content (AvgIpc) is 3.20. The van der Waals surface area contributed by atoms with E-state index in [2.05, 4.69) is 0 Å². The lowest BCUT2D eigenvalue weighted by molar-refractivity contribution is -0.142. The number of aliphatic hydroxyl groups excluding tert-OH is 1. The molecule has 202 valence electrons. The Labute approximate surface area is 229 Å². The van der Waals surface area contributed by atoms with Gasteiger partial charge in [0.1, 0.15) is 6.61 Å². The van der Waals surface area contributed by atoms with Crippen LogP contribution in [0.15, 0.2) is 65.1 Å². The average molecular weight is 552 g/mol. The molecule has 1 aliphatic carbocycles. The molecule has 9 nitrogen and oxygen atoms in total. The fourth-order valence-corrected chi connectivity index (χ4v) is 4.67. The number of hydrogen-bond donors (Lipinski definition) is 1. The molecule has 0 saturated heterocycles. The van der Waals surface area contributed by atoms with Gasteiger partial charge >= 0.3 is 5.97 Å². The van der Waals surface area contributed by atoms with Gasteiger partial charge in [-0.2, -0.15) is 0 Å². The van der Waals surface area contributed by atoms with Gasteiger partial charge in [0.2, 0.25) is 23.1 Å². The minimum atomic E-state index is -0.664. The van der Waals surface area contributed by atoms with Gasteiger partial charge in [-0.3, -0.25) is 23.7 Å². The normalized spacial score (nSPS) is 13.8. The van der Waals surface area contributed by atoms with E-state index in [1.807, 2.05) is 0 Å². The van der Waals surface area contributed by atoms with Crippen molar-refractivity contribution >= 4 is 45.9 Å². The Morgan fingerprint density at radius 3 is 2.21 bits per heavy atom. The van der Waals surface area contributed by atoms with Crippen LogP contribution in [-0.4, -0.2) is 53.9 Å². The Hall–Kier alpha value is -4.21. The van der Waals surface area contributed by atoms with Gasteiger partial charge in [0.05, 0.1) is 32.8 Å². The molecule has 39 heavy (non-hydrogen) atoms. The zero-order valence-corrected chi connectivity index (χ0v) is 22.5. The van der Waals surface area contributed by atoms with Crippen molar-refractivity contribution in [1.29, 1.82) is 0 Å². The SMILES string of the molecule is COC1=C(OC)C(=O)C(COC(=O)Cc2c(C)n(C(=O)c3ccc(Cl)cc3)c3cc(CO)ccc23)=C(C)C1=O. The zero-order valence-electron chi connectivity index (χ0n) is 21.8. The van der Waals surface area contributed by atoms with Crippen molar-refractivity contribution < 1.29 is 38.5 Å². The number of ether oxygens (including phenoxy) is 3. The predicted octanol–water partition coefficient (Wildman–Crippen LogP) is 3.84. The molecule has 0 bridgehead atoms. The maximum Gasteiger partial charge on any atom is 0.310 e. The summed E-state index contributed by atoms with van der Waals surface area (Å²) in [6.45, 7) is 2.51. The molecule has 3 aromatic rings. The summed E-state index contributed by atoms with van der Waals surface area (Å²) in [7, 11) is 2.51. The number of benzene rings is 2. The third kappa shape index (κ3) is 5.10. The number of halogens is 1. The number of methoxy groups -OCH3 is 2. The van der Waals surface area contributed by atoms with Crippen LogP contribution in [0.1, 0.15) is 34.1 Å². The Morgan fingerprint density at radius 1 is 0.949 bits per heavy atom. The van der Waals surface area contributed by atoms with E-state index in [4.69, 9.17) is 25.8 Å². The summed E-state index contributed by atoms with van der Waals surface area (Å²) >= 11 is 5.98. The third-order valence-electron chi connectivity index (χ3n) is 6.67. The summed E-state index contributed by atoms with van der Waals surface area (Å²) in [6, 6.07) is 11.6. The molecule has 1 aromatic heterocycles. The Morgan fingerprint density at radius 2 is 1.59 bits per heavy atom. The Kier molecular flexibility index (Phi) is 8.03. The summed E-state index contributed by atoms with van der Waals surface area (Å²) in [5.74, 6) is -2.58. The largest absolute Gasteiger partial charge is 0.489 e. The molecule has 0 unspecified atom stereocenters. The standard InChI is InChI=1S/C29H26ClNO8/c1-15-22(26(35)28(38-4)27(37-3)25(15)34)14-39-24(33)12-21-16(2)31(23-11-17(13-32)5-10-20(21)23)29(36)18-6-8-19(30)9-7-18/h5-11,32H,12-14H2,1-4H3. The van der Waals surface area contributed by atoms with Crippen LogP contribution in [0, 0.1) is 6.92 Å². The molecule has 0 radical (unpaired) electrons. The van der Waals surface area contributed by atoms with Crippen molar-refractivity contribution in [3.8, 4) is 0 Å². The number of carbonyl (C=O) groups excluding carboxylic acids is 4. The molecular formula is C29H26ClNO8. The molecule has 1 heterocycles. The number of hydrogen-bond acceptors (Lipinski definition) is 8. The van der Waals surface area contributed by atoms with E-state index < -0.39 is 24.1 Å². The molecule has 2 aromatic carbocycles. The van der Waals surface area contributed by atoms with Gasteiger partial charge in [0.25, 0.3) is 5.91 Å².